The van der Waals surface area contributed by atoms with Crippen molar-refractivity contribution in [2.24, 2.45) is 22.0 Å². The van der Waals surface area contributed by atoms with Gasteiger partial charge in [0, 0.05) is 24.3 Å². The van der Waals surface area contributed by atoms with Crippen LogP contribution in [-0.2, 0) is 9.59 Å². The molecule has 2 amide bonds. The molecule has 0 radical (unpaired) electrons. The van der Waals surface area contributed by atoms with Crippen molar-refractivity contribution >= 4 is 23.2 Å². The fourth-order valence-electron chi connectivity index (χ4n) is 2.62. The van der Waals surface area contributed by atoms with Crippen molar-refractivity contribution < 1.29 is 9.59 Å². The smallest absolute Gasteiger partial charge is 0.240 e. The molecule has 0 saturated heterocycles. The molecule has 0 rings (SSSR count). The van der Waals surface area contributed by atoms with Gasteiger partial charge in [0.2, 0.25) is 11.8 Å². The van der Waals surface area contributed by atoms with Gasteiger partial charge >= 0.3 is 0 Å². The highest BCUT2D eigenvalue weighted by Crippen LogP contribution is 2.06. The summed E-state index contributed by atoms with van der Waals surface area (Å²) in [4.78, 5) is 23.4. The lowest BCUT2D eigenvalue weighted by molar-refractivity contribution is -0.122. The molecule has 2 N–H and O–H groups in total. The monoisotopic (exact) mass is 366 g/mol. The lowest BCUT2D eigenvalue weighted by Gasteiger charge is -2.05. The van der Waals surface area contributed by atoms with E-state index in [1.807, 2.05) is 13.8 Å². The maximum Gasteiger partial charge on any atom is 0.240 e. The topological polar surface area (TPSA) is 82.9 Å². The second kappa shape index (κ2) is 14.4. The van der Waals surface area contributed by atoms with Crippen molar-refractivity contribution in [2.45, 2.75) is 92.9 Å². The third-order valence-electron chi connectivity index (χ3n) is 3.71. The Balaban J connectivity index is 3.72. The highest BCUT2D eigenvalue weighted by atomic mass is 16.2. The number of amides is 2. The van der Waals surface area contributed by atoms with Gasteiger partial charge in [-0.25, -0.2) is 10.9 Å². The van der Waals surface area contributed by atoms with Crippen LogP contribution < -0.4 is 10.9 Å². The molecule has 0 saturated carbocycles. The van der Waals surface area contributed by atoms with E-state index in [4.69, 9.17) is 0 Å². The molecule has 6 heteroatoms. The van der Waals surface area contributed by atoms with E-state index in [0.29, 0.717) is 24.7 Å². The Labute approximate surface area is 159 Å². The van der Waals surface area contributed by atoms with Crippen molar-refractivity contribution in [2.75, 3.05) is 0 Å². The van der Waals surface area contributed by atoms with E-state index in [1.54, 1.807) is 0 Å². The number of nitrogens with one attached hydrogen (secondary N) is 2. The Hall–Kier alpha value is -1.72. The first kappa shape index (κ1) is 24.3. The molecule has 0 aromatic carbocycles. The van der Waals surface area contributed by atoms with Crippen LogP contribution in [0.4, 0.5) is 0 Å². The van der Waals surface area contributed by atoms with E-state index < -0.39 is 0 Å². The molecular formula is C20H38N4O2. The van der Waals surface area contributed by atoms with Gasteiger partial charge in [-0.3, -0.25) is 9.59 Å². The average molecular weight is 367 g/mol. The Morgan fingerprint density at radius 3 is 1.35 bits per heavy atom. The van der Waals surface area contributed by atoms with Crippen molar-refractivity contribution in [1.29, 1.82) is 0 Å². The van der Waals surface area contributed by atoms with Crippen LogP contribution in [0.5, 0.6) is 0 Å². The maximum absolute atomic E-state index is 11.7. The van der Waals surface area contributed by atoms with E-state index >= 15 is 0 Å². The van der Waals surface area contributed by atoms with Gasteiger partial charge in [-0.15, -0.1) is 0 Å². The molecule has 0 aliphatic rings. The van der Waals surface area contributed by atoms with E-state index in [-0.39, 0.29) is 11.8 Å². The summed E-state index contributed by atoms with van der Waals surface area (Å²) in [6.07, 6.45) is 6.24. The van der Waals surface area contributed by atoms with E-state index in [2.05, 4.69) is 48.7 Å². The van der Waals surface area contributed by atoms with Gasteiger partial charge in [-0.2, -0.15) is 10.2 Å². The predicted molar refractivity (Wildman–Crippen MR) is 109 cm³/mol. The van der Waals surface area contributed by atoms with Crippen LogP contribution in [0.15, 0.2) is 10.2 Å². The molecule has 0 spiro atoms. The molecular weight excluding hydrogens is 328 g/mol. The van der Waals surface area contributed by atoms with Crippen LogP contribution >= 0.6 is 0 Å². The largest absolute Gasteiger partial charge is 0.273 e. The summed E-state index contributed by atoms with van der Waals surface area (Å²) in [5, 5.41) is 8.21. The van der Waals surface area contributed by atoms with E-state index in [0.717, 1.165) is 49.9 Å². The molecule has 0 atom stereocenters. The van der Waals surface area contributed by atoms with Gasteiger partial charge in [0.15, 0.2) is 0 Å². The predicted octanol–water partition coefficient (Wildman–Crippen LogP) is 4.40. The van der Waals surface area contributed by atoms with Crippen LogP contribution in [0.2, 0.25) is 0 Å². The minimum atomic E-state index is -0.0409. The summed E-state index contributed by atoms with van der Waals surface area (Å²) >= 11 is 0. The van der Waals surface area contributed by atoms with Gasteiger partial charge < -0.3 is 0 Å². The second-order valence-corrected chi connectivity index (χ2v) is 7.87. The number of carbonyl (C=O) groups excluding carboxylic acids is 2. The van der Waals surface area contributed by atoms with Crippen molar-refractivity contribution in [1.82, 2.24) is 10.9 Å². The highest BCUT2D eigenvalue weighted by Gasteiger charge is 2.04. The minimum Gasteiger partial charge on any atom is -0.273 e. The summed E-state index contributed by atoms with van der Waals surface area (Å²) in [7, 11) is 0. The quantitative estimate of drug-likeness (QED) is 0.288. The zero-order chi connectivity index (χ0) is 19.9. The first-order valence-corrected chi connectivity index (χ1v) is 9.84. The number of unbranched alkanes of at least 4 members (excludes halogenated alkanes) is 3. The molecule has 0 aromatic rings. The SMILES string of the molecule is C/C(CC(C)C)=N/NC(=O)CCCCCCC(=O)N/N=C(/C)CC(C)C. The summed E-state index contributed by atoms with van der Waals surface area (Å²) in [5.41, 5.74) is 7.11. The highest BCUT2D eigenvalue weighted by molar-refractivity contribution is 5.85. The fraction of sp³-hybridized carbons (Fsp3) is 0.800. The molecule has 0 fully saturated rings. The molecule has 0 aromatic heterocycles. The van der Waals surface area contributed by atoms with Crippen LogP contribution in [0.1, 0.15) is 92.9 Å². The number of rotatable bonds is 13. The van der Waals surface area contributed by atoms with Crippen molar-refractivity contribution in [3.63, 3.8) is 0 Å². The number of hydrogen-bond donors (Lipinski definition) is 2. The minimum absolute atomic E-state index is 0.0409. The van der Waals surface area contributed by atoms with Crippen LogP contribution in [-0.4, -0.2) is 23.2 Å². The second-order valence-electron chi connectivity index (χ2n) is 7.87. The number of nitrogens with zero attached hydrogens (tertiary/aromatic N) is 2. The van der Waals surface area contributed by atoms with E-state index in [9.17, 15) is 9.59 Å². The van der Waals surface area contributed by atoms with Gasteiger partial charge in [0.25, 0.3) is 0 Å². The first-order chi connectivity index (χ1) is 12.2. The van der Waals surface area contributed by atoms with Gasteiger partial charge in [0.1, 0.15) is 0 Å². The molecule has 150 valence electrons. The third-order valence-corrected chi connectivity index (χ3v) is 3.71. The summed E-state index contributed by atoms with van der Waals surface area (Å²) in [5.74, 6) is 0.997. The van der Waals surface area contributed by atoms with Gasteiger partial charge in [-0.1, -0.05) is 40.5 Å². The fourth-order valence-corrected chi connectivity index (χ4v) is 2.62. The lowest BCUT2D eigenvalue weighted by Crippen LogP contribution is -2.19. The Bertz CT molecular complexity index is 438. The Morgan fingerprint density at radius 2 is 1.04 bits per heavy atom. The van der Waals surface area contributed by atoms with E-state index in [1.165, 1.54) is 0 Å². The summed E-state index contributed by atoms with van der Waals surface area (Å²) < 4.78 is 0. The Kier molecular flexibility index (Phi) is 13.5. The van der Waals surface area contributed by atoms with Gasteiger partial charge in [0.05, 0.1) is 0 Å². The van der Waals surface area contributed by atoms with Crippen LogP contribution in [0.3, 0.4) is 0 Å². The third kappa shape index (κ3) is 15.8. The standard InChI is InChI=1S/C20H38N4O2/c1-15(2)13-17(5)21-23-19(25)11-9-7-8-10-12-20(26)24-22-18(6)14-16(3)4/h15-16H,7-14H2,1-6H3,(H,23,25)(H,24,26)/b21-17-,22-18-. The van der Waals surface area contributed by atoms with Gasteiger partial charge in [-0.05, 0) is 51.4 Å². The lowest BCUT2D eigenvalue weighted by atomic mass is 10.1. The zero-order valence-corrected chi connectivity index (χ0v) is 17.5. The molecule has 0 aliphatic heterocycles. The summed E-state index contributed by atoms with van der Waals surface area (Å²) in [6.45, 7) is 12.4. The molecule has 6 nitrogen and oxygen atoms in total. The van der Waals surface area contributed by atoms with Crippen molar-refractivity contribution in [3.05, 3.63) is 0 Å². The summed E-state index contributed by atoms with van der Waals surface area (Å²) in [6, 6.07) is 0. The molecule has 0 heterocycles. The number of hydrazone groups is 2. The number of hydrogen-bond acceptors (Lipinski definition) is 4. The normalized spacial score (nSPS) is 12.6. The first-order valence-electron chi connectivity index (χ1n) is 9.84. The molecule has 0 unspecified atom stereocenters. The molecule has 26 heavy (non-hydrogen) atoms. The average Bonchev–Trinajstić information content (AvgIpc) is 2.53. The zero-order valence-electron chi connectivity index (χ0n) is 17.5. The molecule has 0 aliphatic carbocycles. The Morgan fingerprint density at radius 1 is 0.692 bits per heavy atom. The number of carbonyl (C=O) groups is 2. The molecule has 0 bridgehead atoms. The van der Waals surface area contributed by atoms with Crippen molar-refractivity contribution in [3.8, 4) is 0 Å². The van der Waals surface area contributed by atoms with Crippen LogP contribution in [0.25, 0.3) is 0 Å². The van der Waals surface area contributed by atoms with Crippen LogP contribution in [0, 0.1) is 11.8 Å². The maximum atomic E-state index is 11.7.